The lowest BCUT2D eigenvalue weighted by Gasteiger charge is -2.14. The highest BCUT2D eigenvalue weighted by molar-refractivity contribution is 5.78. The first-order chi connectivity index (χ1) is 7.41. The van der Waals surface area contributed by atoms with Crippen LogP contribution in [0.15, 0.2) is 4.42 Å². The lowest BCUT2D eigenvalue weighted by molar-refractivity contribution is -0.125. The van der Waals surface area contributed by atoms with Crippen molar-refractivity contribution < 1.29 is 9.21 Å². The number of nitrogens with two attached hydrogens (primary N) is 1. The summed E-state index contributed by atoms with van der Waals surface area (Å²) in [7, 11) is 0. The van der Waals surface area contributed by atoms with Gasteiger partial charge >= 0.3 is 0 Å². The minimum atomic E-state index is -0.211. The molecule has 5 nitrogen and oxygen atoms in total. The molecule has 0 spiro atoms. The Kier molecular flexibility index (Phi) is 4.06. The topological polar surface area (TPSA) is 81.2 Å². The second-order valence-electron chi connectivity index (χ2n) is 4.11. The van der Waals surface area contributed by atoms with Gasteiger partial charge in [0, 0.05) is 12.0 Å². The van der Waals surface area contributed by atoms with E-state index in [-0.39, 0.29) is 17.9 Å². The third-order valence-corrected chi connectivity index (χ3v) is 2.69. The smallest absolute Gasteiger partial charge is 0.224 e. The van der Waals surface area contributed by atoms with E-state index in [1.165, 1.54) is 0 Å². The van der Waals surface area contributed by atoms with Crippen LogP contribution in [-0.4, -0.2) is 16.9 Å². The van der Waals surface area contributed by atoms with Gasteiger partial charge in [-0.3, -0.25) is 4.79 Å². The first-order valence-corrected chi connectivity index (χ1v) is 5.38. The van der Waals surface area contributed by atoms with Crippen molar-refractivity contribution in [3.63, 3.8) is 0 Å². The maximum atomic E-state index is 11.6. The number of hydrogen-bond acceptors (Lipinski definition) is 4. The summed E-state index contributed by atoms with van der Waals surface area (Å²) in [6.07, 6.45) is 0. The number of carbonyl (C=O) groups is 1. The molecule has 1 aromatic rings. The van der Waals surface area contributed by atoms with Crippen LogP contribution in [-0.2, 0) is 11.3 Å². The molecule has 2 atom stereocenters. The number of rotatable bonds is 4. The molecular weight excluding hydrogens is 206 g/mol. The van der Waals surface area contributed by atoms with E-state index in [0.29, 0.717) is 12.4 Å². The Morgan fingerprint density at radius 1 is 1.50 bits per heavy atom. The normalized spacial score (nSPS) is 14.6. The average molecular weight is 225 g/mol. The van der Waals surface area contributed by atoms with Gasteiger partial charge in [-0.15, -0.1) is 0 Å². The number of nitrogens with one attached hydrogen (secondary N) is 1. The number of aryl methyl sites for hydroxylation is 2. The van der Waals surface area contributed by atoms with Crippen LogP contribution in [0.5, 0.6) is 0 Å². The second kappa shape index (κ2) is 5.12. The molecule has 3 N–H and O–H groups in total. The summed E-state index contributed by atoms with van der Waals surface area (Å²) >= 11 is 0. The van der Waals surface area contributed by atoms with E-state index in [1.54, 1.807) is 6.92 Å². The van der Waals surface area contributed by atoms with Crippen molar-refractivity contribution in [2.24, 2.45) is 11.7 Å². The second-order valence-corrected chi connectivity index (χ2v) is 4.11. The van der Waals surface area contributed by atoms with Crippen molar-refractivity contribution in [1.82, 2.24) is 10.3 Å². The molecule has 0 saturated carbocycles. The first kappa shape index (κ1) is 12.7. The number of oxazole rings is 1. The fourth-order valence-electron chi connectivity index (χ4n) is 1.18. The molecule has 0 aliphatic heterocycles. The fraction of sp³-hybridized carbons (Fsp3) is 0.636. The molecule has 0 bridgehead atoms. The van der Waals surface area contributed by atoms with Crippen LogP contribution in [0.4, 0.5) is 0 Å². The molecule has 90 valence electrons. The van der Waals surface area contributed by atoms with Crippen LogP contribution < -0.4 is 11.1 Å². The molecule has 1 rings (SSSR count). The lowest BCUT2D eigenvalue weighted by atomic mass is 10.0. The van der Waals surface area contributed by atoms with E-state index in [0.717, 1.165) is 11.5 Å². The number of carbonyl (C=O) groups excluding carboxylic acids is 1. The Morgan fingerprint density at radius 2 is 2.12 bits per heavy atom. The Labute approximate surface area is 95.4 Å². The molecule has 16 heavy (non-hydrogen) atoms. The summed E-state index contributed by atoms with van der Waals surface area (Å²) < 4.78 is 5.35. The Balaban J connectivity index is 2.49. The molecule has 2 unspecified atom stereocenters. The summed E-state index contributed by atoms with van der Waals surface area (Å²) in [5, 5.41) is 2.75. The van der Waals surface area contributed by atoms with Crippen LogP contribution in [0.3, 0.4) is 0 Å². The molecule has 0 aliphatic carbocycles. The van der Waals surface area contributed by atoms with Crippen molar-refractivity contribution in [2.75, 3.05) is 0 Å². The largest absolute Gasteiger partial charge is 0.444 e. The van der Waals surface area contributed by atoms with Crippen molar-refractivity contribution in [2.45, 2.75) is 40.3 Å². The third kappa shape index (κ3) is 3.06. The van der Waals surface area contributed by atoms with Crippen LogP contribution in [0.1, 0.15) is 31.2 Å². The quantitative estimate of drug-likeness (QED) is 0.797. The van der Waals surface area contributed by atoms with Crippen LogP contribution in [0.2, 0.25) is 0 Å². The van der Waals surface area contributed by atoms with Crippen molar-refractivity contribution in [1.29, 1.82) is 0 Å². The highest BCUT2D eigenvalue weighted by Crippen LogP contribution is 2.08. The van der Waals surface area contributed by atoms with Crippen LogP contribution in [0, 0.1) is 19.8 Å². The Hall–Kier alpha value is -1.36. The van der Waals surface area contributed by atoms with Gasteiger partial charge in [-0.2, -0.15) is 0 Å². The predicted molar refractivity (Wildman–Crippen MR) is 60.6 cm³/mol. The van der Waals surface area contributed by atoms with E-state index < -0.39 is 0 Å². The van der Waals surface area contributed by atoms with E-state index in [9.17, 15) is 4.79 Å². The van der Waals surface area contributed by atoms with Crippen molar-refractivity contribution in [3.8, 4) is 0 Å². The van der Waals surface area contributed by atoms with Gasteiger partial charge in [-0.1, -0.05) is 6.92 Å². The molecule has 0 fully saturated rings. The van der Waals surface area contributed by atoms with Gasteiger partial charge in [0.2, 0.25) is 11.8 Å². The zero-order valence-corrected chi connectivity index (χ0v) is 10.2. The van der Waals surface area contributed by atoms with E-state index in [1.807, 2.05) is 20.8 Å². The van der Waals surface area contributed by atoms with Crippen LogP contribution in [0.25, 0.3) is 0 Å². The number of hydrogen-bond donors (Lipinski definition) is 2. The van der Waals surface area contributed by atoms with Gasteiger partial charge in [0.05, 0.1) is 12.2 Å². The minimum Gasteiger partial charge on any atom is -0.444 e. The average Bonchev–Trinajstić information content (AvgIpc) is 2.53. The first-order valence-electron chi connectivity index (χ1n) is 5.38. The van der Waals surface area contributed by atoms with Crippen molar-refractivity contribution >= 4 is 5.91 Å². The zero-order valence-electron chi connectivity index (χ0n) is 10.2. The summed E-state index contributed by atoms with van der Waals surface area (Å²) in [6.45, 7) is 7.63. The summed E-state index contributed by atoms with van der Waals surface area (Å²) in [5.74, 6) is 1.02. The maximum Gasteiger partial charge on any atom is 0.224 e. The predicted octanol–water partition coefficient (Wildman–Crippen LogP) is 0.891. The van der Waals surface area contributed by atoms with E-state index >= 15 is 0 Å². The molecule has 0 aliphatic rings. The summed E-state index contributed by atoms with van der Waals surface area (Å²) in [4.78, 5) is 15.8. The molecule has 1 aromatic heterocycles. The van der Waals surface area contributed by atoms with E-state index in [2.05, 4.69) is 10.3 Å². The molecule has 1 heterocycles. The van der Waals surface area contributed by atoms with Gasteiger partial charge < -0.3 is 15.5 Å². The number of aromatic nitrogens is 1. The standard InChI is InChI=1S/C11H19N3O2/c1-6(7(2)12)11(15)13-5-10-14-8(3)9(4)16-10/h6-7H,5,12H2,1-4H3,(H,13,15). The van der Waals surface area contributed by atoms with Gasteiger partial charge in [0.1, 0.15) is 5.76 Å². The van der Waals surface area contributed by atoms with Gasteiger partial charge in [-0.05, 0) is 20.8 Å². The summed E-state index contributed by atoms with van der Waals surface area (Å²) in [5.41, 5.74) is 6.49. The highest BCUT2D eigenvalue weighted by Gasteiger charge is 2.17. The number of nitrogens with zero attached hydrogens (tertiary/aromatic N) is 1. The van der Waals surface area contributed by atoms with E-state index in [4.69, 9.17) is 10.2 Å². The summed E-state index contributed by atoms with van der Waals surface area (Å²) in [6, 6.07) is -0.159. The van der Waals surface area contributed by atoms with Gasteiger partial charge in [0.25, 0.3) is 0 Å². The molecule has 0 radical (unpaired) electrons. The number of amides is 1. The molecular formula is C11H19N3O2. The molecule has 0 aromatic carbocycles. The van der Waals surface area contributed by atoms with Crippen molar-refractivity contribution in [3.05, 3.63) is 17.3 Å². The van der Waals surface area contributed by atoms with Gasteiger partial charge in [-0.25, -0.2) is 4.98 Å². The minimum absolute atomic E-state index is 0.0801. The van der Waals surface area contributed by atoms with Crippen LogP contribution >= 0.6 is 0 Å². The Morgan fingerprint density at radius 3 is 2.56 bits per heavy atom. The maximum absolute atomic E-state index is 11.6. The SMILES string of the molecule is Cc1nc(CNC(=O)C(C)C(C)N)oc1C. The lowest BCUT2D eigenvalue weighted by Crippen LogP contribution is -2.38. The fourth-order valence-corrected chi connectivity index (χ4v) is 1.18. The van der Waals surface area contributed by atoms with Gasteiger partial charge in [0.15, 0.2) is 0 Å². The molecule has 0 saturated heterocycles. The zero-order chi connectivity index (χ0) is 12.3. The Bertz CT molecular complexity index is 352. The third-order valence-electron chi connectivity index (χ3n) is 2.69. The highest BCUT2D eigenvalue weighted by atomic mass is 16.4. The molecule has 5 heteroatoms. The molecule has 1 amide bonds. The monoisotopic (exact) mass is 225 g/mol.